The zero-order chi connectivity index (χ0) is 18.9. The van der Waals surface area contributed by atoms with E-state index in [2.05, 4.69) is 16.0 Å². The van der Waals surface area contributed by atoms with Gasteiger partial charge in [-0.1, -0.05) is 19.1 Å². The third-order valence-corrected chi connectivity index (χ3v) is 7.66. The average Bonchev–Trinajstić information content (AvgIpc) is 2.71. The quantitative estimate of drug-likeness (QED) is 0.793. The highest BCUT2D eigenvalue weighted by molar-refractivity contribution is 7.89. The number of ether oxygens (including phenoxy) is 1. The second-order valence-corrected chi connectivity index (χ2v) is 9.27. The number of benzene rings is 1. The van der Waals surface area contributed by atoms with Gasteiger partial charge in [-0.2, -0.15) is 4.31 Å². The number of anilines is 1. The smallest absolute Gasteiger partial charge is 0.246 e. The number of rotatable bonds is 2. The van der Waals surface area contributed by atoms with Gasteiger partial charge < -0.3 is 9.64 Å². The summed E-state index contributed by atoms with van der Waals surface area (Å²) in [7, 11) is -3.55. The van der Waals surface area contributed by atoms with E-state index >= 15 is 0 Å². The lowest BCUT2D eigenvalue weighted by molar-refractivity contribution is 0.0832. The number of fused-ring (bicyclic) bond motifs is 1. The highest BCUT2D eigenvalue weighted by Gasteiger charge is 2.42. The maximum absolute atomic E-state index is 13.1. The van der Waals surface area contributed by atoms with Crippen molar-refractivity contribution in [1.29, 1.82) is 0 Å². The van der Waals surface area contributed by atoms with Crippen LogP contribution in [0.25, 0.3) is 0 Å². The average molecular weight is 388 g/mol. The number of aromatic nitrogens is 1. The molecule has 27 heavy (non-hydrogen) atoms. The van der Waals surface area contributed by atoms with E-state index in [1.165, 1.54) is 0 Å². The standard InChI is InChI=1S/C20H25N3O3S/c1-2-23-15-20(9-12-22(13-10-20)17-6-5-11-21-14-17)16-26-18-7-3-4-8-19(18)27(23,24)25/h3-8,11,14H,2,9-10,12-13,15-16H2,1H3. The van der Waals surface area contributed by atoms with Crippen LogP contribution in [0.4, 0.5) is 5.69 Å². The summed E-state index contributed by atoms with van der Waals surface area (Å²) in [5, 5.41) is 0. The SMILES string of the molecule is CCN1CC2(CCN(c3cccnc3)CC2)COc2ccccc2S1(=O)=O. The zero-order valence-corrected chi connectivity index (χ0v) is 16.4. The van der Waals surface area contributed by atoms with Crippen LogP contribution >= 0.6 is 0 Å². The first kappa shape index (κ1) is 18.3. The normalized spacial score (nSPS) is 21.7. The molecule has 0 bridgehead atoms. The van der Waals surface area contributed by atoms with Crippen LogP contribution in [0.5, 0.6) is 5.75 Å². The Balaban J connectivity index is 1.60. The van der Waals surface area contributed by atoms with Gasteiger partial charge >= 0.3 is 0 Å². The Morgan fingerprint density at radius 3 is 2.63 bits per heavy atom. The van der Waals surface area contributed by atoms with Crippen molar-refractivity contribution in [2.24, 2.45) is 5.41 Å². The first-order valence-electron chi connectivity index (χ1n) is 9.41. The summed E-state index contributed by atoms with van der Waals surface area (Å²) in [4.78, 5) is 6.79. The van der Waals surface area contributed by atoms with E-state index in [-0.39, 0.29) is 10.3 Å². The van der Waals surface area contributed by atoms with Crippen molar-refractivity contribution >= 4 is 15.7 Å². The van der Waals surface area contributed by atoms with E-state index in [9.17, 15) is 8.42 Å². The largest absolute Gasteiger partial charge is 0.492 e. The van der Waals surface area contributed by atoms with Gasteiger partial charge in [0, 0.05) is 37.8 Å². The summed E-state index contributed by atoms with van der Waals surface area (Å²) in [6.07, 6.45) is 5.43. The fourth-order valence-electron chi connectivity index (χ4n) is 4.02. The molecule has 0 atom stereocenters. The minimum absolute atomic E-state index is 0.171. The number of nitrogens with zero attached hydrogens (tertiary/aromatic N) is 3. The van der Waals surface area contributed by atoms with E-state index in [4.69, 9.17) is 4.74 Å². The Hall–Kier alpha value is -2.12. The van der Waals surface area contributed by atoms with Crippen molar-refractivity contribution in [1.82, 2.24) is 9.29 Å². The number of piperidine rings is 1. The van der Waals surface area contributed by atoms with Crippen molar-refractivity contribution in [3.05, 3.63) is 48.8 Å². The number of para-hydroxylation sites is 1. The Morgan fingerprint density at radius 1 is 1.15 bits per heavy atom. The second-order valence-electron chi connectivity index (χ2n) is 7.36. The van der Waals surface area contributed by atoms with Crippen LogP contribution in [-0.4, -0.2) is 50.5 Å². The second kappa shape index (κ2) is 7.13. The number of hydrogen-bond acceptors (Lipinski definition) is 5. The van der Waals surface area contributed by atoms with Gasteiger partial charge in [-0.05, 0) is 37.1 Å². The van der Waals surface area contributed by atoms with Gasteiger partial charge in [-0.15, -0.1) is 0 Å². The Morgan fingerprint density at radius 2 is 1.93 bits per heavy atom. The number of pyridine rings is 1. The topological polar surface area (TPSA) is 62.7 Å². The minimum atomic E-state index is -3.55. The molecule has 4 rings (SSSR count). The number of hydrogen-bond donors (Lipinski definition) is 0. The molecule has 2 aliphatic rings. The molecule has 1 fully saturated rings. The molecule has 0 amide bonds. The molecule has 1 spiro atoms. The summed E-state index contributed by atoms with van der Waals surface area (Å²) < 4.78 is 34.0. The van der Waals surface area contributed by atoms with E-state index in [0.29, 0.717) is 25.4 Å². The Kier molecular flexibility index (Phi) is 4.82. The zero-order valence-electron chi connectivity index (χ0n) is 15.5. The predicted octanol–water partition coefficient (Wildman–Crippen LogP) is 2.77. The molecule has 2 aliphatic heterocycles. The van der Waals surface area contributed by atoms with Crippen LogP contribution < -0.4 is 9.64 Å². The molecule has 0 radical (unpaired) electrons. The first-order chi connectivity index (χ1) is 13.0. The van der Waals surface area contributed by atoms with Gasteiger partial charge in [0.05, 0.1) is 18.5 Å². The molecule has 1 saturated heterocycles. The van der Waals surface area contributed by atoms with Gasteiger partial charge in [0.2, 0.25) is 10.0 Å². The van der Waals surface area contributed by atoms with Crippen molar-refractivity contribution in [2.45, 2.75) is 24.7 Å². The summed E-state index contributed by atoms with van der Waals surface area (Å²) in [5.41, 5.74) is 0.944. The molecule has 1 aromatic carbocycles. The maximum atomic E-state index is 13.1. The van der Waals surface area contributed by atoms with E-state index in [1.807, 2.05) is 25.3 Å². The van der Waals surface area contributed by atoms with Crippen LogP contribution in [0.1, 0.15) is 19.8 Å². The van der Waals surface area contributed by atoms with E-state index < -0.39 is 10.0 Å². The fraction of sp³-hybridized carbons (Fsp3) is 0.450. The summed E-state index contributed by atoms with van der Waals surface area (Å²) >= 11 is 0. The predicted molar refractivity (Wildman–Crippen MR) is 104 cm³/mol. The van der Waals surface area contributed by atoms with Gasteiger partial charge in [0.15, 0.2) is 0 Å². The molecule has 144 valence electrons. The molecule has 2 aromatic rings. The van der Waals surface area contributed by atoms with Gasteiger partial charge in [0.25, 0.3) is 0 Å². The molecule has 1 aromatic heterocycles. The van der Waals surface area contributed by atoms with Crippen LogP contribution in [0.2, 0.25) is 0 Å². The molecule has 6 nitrogen and oxygen atoms in total. The Bertz CT molecular complexity index is 894. The summed E-state index contributed by atoms with van der Waals surface area (Å²) in [6.45, 7) is 5.15. The molecular formula is C20H25N3O3S. The van der Waals surface area contributed by atoms with E-state index in [1.54, 1.807) is 28.7 Å². The molecule has 3 heterocycles. The van der Waals surface area contributed by atoms with Crippen LogP contribution in [0.3, 0.4) is 0 Å². The highest BCUT2D eigenvalue weighted by Crippen LogP contribution is 2.39. The van der Waals surface area contributed by atoms with Gasteiger partial charge in [-0.3, -0.25) is 4.98 Å². The highest BCUT2D eigenvalue weighted by atomic mass is 32.2. The van der Waals surface area contributed by atoms with Gasteiger partial charge in [0.1, 0.15) is 10.6 Å². The van der Waals surface area contributed by atoms with E-state index in [0.717, 1.165) is 31.6 Å². The molecule has 0 aliphatic carbocycles. The lowest BCUT2D eigenvalue weighted by atomic mass is 9.78. The third-order valence-electron chi connectivity index (χ3n) is 5.70. The summed E-state index contributed by atoms with van der Waals surface area (Å²) in [6, 6.07) is 11.0. The molecule has 7 heteroatoms. The lowest BCUT2D eigenvalue weighted by Gasteiger charge is -2.45. The lowest BCUT2D eigenvalue weighted by Crippen LogP contribution is -2.51. The minimum Gasteiger partial charge on any atom is -0.492 e. The summed E-state index contributed by atoms with van der Waals surface area (Å²) in [5.74, 6) is 0.463. The molecule has 0 N–H and O–H groups in total. The van der Waals surface area contributed by atoms with Gasteiger partial charge in [-0.25, -0.2) is 8.42 Å². The molecule has 0 saturated carbocycles. The monoisotopic (exact) mass is 387 g/mol. The fourth-order valence-corrected chi connectivity index (χ4v) is 5.72. The number of sulfonamides is 1. The van der Waals surface area contributed by atoms with Crippen LogP contribution in [-0.2, 0) is 10.0 Å². The van der Waals surface area contributed by atoms with Crippen molar-refractivity contribution in [3.63, 3.8) is 0 Å². The van der Waals surface area contributed by atoms with Crippen LogP contribution in [0, 0.1) is 5.41 Å². The van der Waals surface area contributed by atoms with Crippen LogP contribution in [0.15, 0.2) is 53.7 Å². The van der Waals surface area contributed by atoms with Crippen molar-refractivity contribution < 1.29 is 13.2 Å². The molecule has 0 unspecified atom stereocenters. The molecular weight excluding hydrogens is 362 g/mol. The first-order valence-corrected chi connectivity index (χ1v) is 10.9. The third kappa shape index (κ3) is 3.41. The maximum Gasteiger partial charge on any atom is 0.246 e. The van der Waals surface area contributed by atoms with Crippen molar-refractivity contribution in [3.8, 4) is 5.75 Å². The Labute approximate surface area is 160 Å². The van der Waals surface area contributed by atoms with Crippen molar-refractivity contribution in [2.75, 3.05) is 37.7 Å².